The molecule has 88 valence electrons. The van der Waals surface area contributed by atoms with E-state index >= 15 is 0 Å². The van der Waals surface area contributed by atoms with Gasteiger partial charge in [0.2, 0.25) is 11.7 Å². The summed E-state index contributed by atoms with van der Waals surface area (Å²) in [6.45, 7) is 4.05. The molecule has 2 N–H and O–H groups in total. The largest absolute Gasteiger partial charge is 0.337 e. The lowest BCUT2D eigenvalue weighted by atomic mass is 10.1. The van der Waals surface area contributed by atoms with Crippen molar-refractivity contribution in [2.45, 2.75) is 19.9 Å². The lowest BCUT2D eigenvalue weighted by molar-refractivity contribution is 0.325. The van der Waals surface area contributed by atoms with Crippen LogP contribution in [0.5, 0.6) is 0 Å². The van der Waals surface area contributed by atoms with Gasteiger partial charge in [-0.2, -0.15) is 4.98 Å². The maximum Gasteiger partial charge on any atom is 0.244 e. The molecular weight excluding hydrogens is 246 g/mol. The fourth-order valence-electron chi connectivity index (χ4n) is 1.16. The Morgan fingerprint density at radius 2 is 2.19 bits per heavy atom. The Balaban J connectivity index is 0.00000128. The van der Waals surface area contributed by atoms with Gasteiger partial charge in [0, 0.05) is 0 Å². The molecule has 6 heteroatoms. The van der Waals surface area contributed by atoms with E-state index in [1.807, 2.05) is 31.4 Å². The summed E-state index contributed by atoms with van der Waals surface area (Å²) in [5, 5.41) is 5.89. The molecular formula is C10H14ClN3OS. The number of nitrogens with two attached hydrogens (primary N) is 1. The molecule has 16 heavy (non-hydrogen) atoms. The number of hydrogen-bond donors (Lipinski definition) is 1. The zero-order valence-corrected chi connectivity index (χ0v) is 10.7. The summed E-state index contributed by atoms with van der Waals surface area (Å²) in [5.41, 5.74) is 5.91. The first-order valence-corrected chi connectivity index (χ1v) is 5.69. The van der Waals surface area contributed by atoms with Crippen molar-refractivity contribution in [3.8, 4) is 10.7 Å². The van der Waals surface area contributed by atoms with Gasteiger partial charge in [-0.1, -0.05) is 25.1 Å². The summed E-state index contributed by atoms with van der Waals surface area (Å²) in [6, 6.07) is 3.73. The third kappa shape index (κ3) is 2.61. The van der Waals surface area contributed by atoms with Crippen LogP contribution in [-0.4, -0.2) is 10.1 Å². The maximum atomic E-state index is 5.91. The van der Waals surface area contributed by atoms with Gasteiger partial charge in [0.25, 0.3) is 0 Å². The first kappa shape index (κ1) is 13.2. The average molecular weight is 260 g/mol. The molecule has 0 radical (unpaired) electrons. The van der Waals surface area contributed by atoms with Crippen LogP contribution in [-0.2, 0) is 0 Å². The Hall–Kier alpha value is -0.910. The molecule has 0 saturated heterocycles. The Kier molecular flexibility index (Phi) is 4.46. The van der Waals surface area contributed by atoms with Crippen LogP contribution in [0.2, 0.25) is 0 Å². The third-order valence-electron chi connectivity index (χ3n) is 2.19. The quantitative estimate of drug-likeness (QED) is 0.921. The van der Waals surface area contributed by atoms with Gasteiger partial charge in [-0.25, -0.2) is 0 Å². The molecule has 0 fully saturated rings. The minimum atomic E-state index is -0.189. The highest BCUT2D eigenvalue weighted by Crippen LogP contribution is 2.24. The summed E-state index contributed by atoms with van der Waals surface area (Å²) in [6.07, 6.45) is 0. The van der Waals surface area contributed by atoms with Crippen LogP contribution >= 0.6 is 23.7 Å². The maximum absolute atomic E-state index is 5.91. The average Bonchev–Trinajstić information content (AvgIpc) is 2.86. The van der Waals surface area contributed by atoms with E-state index in [2.05, 4.69) is 10.1 Å². The van der Waals surface area contributed by atoms with Gasteiger partial charge in [-0.15, -0.1) is 23.7 Å². The van der Waals surface area contributed by atoms with E-state index in [4.69, 9.17) is 10.3 Å². The van der Waals surface area contributed by atoms with E-state index in [0.29, 0.717) is 17.6 Å². The third-order valence-corrected chi connectivity index (χ3v) is 3.05. The van der Waals surface area contributed by atoms with E-state index in [1.165, 1.54) is 0 Å². The van der Waals surface area contributed by atoms with Crippen molar-refractivity contribution in [1.29, 1.82) is 0 Å². The van der Waals surface area contributed by atoms with E-state index in [-0.39, 0.29) is 18.4 Å². The molecule has 2 aromatic heterocycles. The first-order valence-electron chi connectivity index (χ1n) is 4.81. The minimum absolute atomic E-state index is 0. The zero-order valence-electron chi connectivity index (χ0n) is 9.08. The molecule has 2 heterocycles. The van der Waals surface area contributed by atoms with Crippen LogP contribution in [0.1, 0.15) is 25.8 Å². The molecule has 2 rings (SSSR count). The number of aromatic nitrogens is 2. The van der Waals surface area contributed by atoms with Gasteiger partial charge in [0.1, 0.15) is 0 Å². The standard InChI is InChI=1S/C10H13N3OS.ClH/c1-6(2)8(11)10-12-9(13-14-10)7-4-3-5-15-7;/h3-6,8H,11H2,1-2H3;1H. The van der Waals surface area contributed by atoms with Gasteiger partial charge >= 0.3 is 0 Å². The lowest BCUT2D eigenvalue weighted by Crippen LogP contribution is -2.16. The highest BCUT2D eigenvalue weighted by Gasteiger charge is 2.18. The smallest absolute Gasteiger partial charge is 0.244 e. The van der Waals surface area contributed by atoms with Gasteiger partial charge in [0.05, 0.1) is 10.9 Å². The second kappa shape index (κ2) is 5.43. The van der Waals surface area contributed by atoms with Gasteiger partial charge in [-0.05, 0) is 17.4 Å². The van der Waals surface area contributed by atoms with E-state index in [9.17, 15) is 0 Å². The molecule has 0 aliphatic heterocycles. The summed E-state index contributed by atoms with van der Waals surface area (Å²) >= 11 is 1.58. The monoisotopic (exact) mass is 259 g/mol. The molecule has 0 bridgehead atoms. The van der Waals surface area contributed by atoms with Crippen molar-refractivity contribution in [2.75, 3.05) is 0 Å². The second-order valence-corrected chi connectivity index (χ2v) is 4.65. The molecule has 1 atom stereocenters. The van der Waals surface area contributed by atoms with Crippen molar-refractivity contribution < 1.29 is 4.52 Å². The van der Waals surface area contributed by atoms with Crippen LogP contribution in [0.25, 0.3) is 10.7 Å². The predicted octanol–water partition coefficient (Wildman–Crippen LogP) is 2.88. The Bertz CT molecular complexity index is 427. The Morgan fingerprint density at radius 1 is 1.44 bits per heavy atom. The van der Waals surface area contributed by atoms with Crippen molar-refractivity contribution in [3.63, 3.8) is 0 Å². The highest BCUT2D eigenvalue weighted by molar-refractivity contribution is 7.13. The molecule has 0 aliphatic rings. The highest BCUT2D eigenvalue weighted by atomic mass is 35.5. The first-order chi connectivity index (χ1) is 7.18. The Labute approximate surface area is 104 Å². The van der Waals surface area contributed by atoms with Crippen LogP contribution in [0.3, 0.4) is 0 Å². The number of hydrogen-bond acceptors (Lipinski definition) is 5. The number of rotatable bonds is 3. The summed E-state index contributed by atoms with van der Waals surface area (Å²) in [5.74, 6) is 1.42. The Morgan fingerprint density at radius 3 is 2.75 bits per heavy atom. The lowest BCUT2D eigenvalue weighted by Gasteiger charge is -2.08. The molecule has 2 aromatic rings. The van der Waals surface area contributed by atoms with Crippen LogP contribution < -0.4 is 5.73 Å². The van der Waals surface area contributed by atoms with Crippen molar-refractivity contribution in [3.05, 3.63) is 23.4 Å². The second-order valence-electron chi connectivity index (χ2n) is 3.70. The fraction of sp³-hybridized carbons (Fsp3) is 0.400. The van der Waals surface area contributed by atoms with Crippen LogP contribution in [0.4, 0.5) is 0 Å². The minimum Gasteiger partial charge on any atom is -0.337 e. The molecule has 0 saturated carbocycles. The molecule has 0 aromatic carbocycles. The molecule has 1 unspecified atom stereocenters. The summed E-state index contributed by atoms with van der Waals surface area (Å²) < 4.78 is 5.13. The van der Waals surface area contributed by atoms with Crippen molar-refractivity contribution in [2.24, 2.45) is 11.7 Å². The summed E-state index contributed by atoms with van der Waals surface area (Å²) in [4.78, 5) is 5.28. The van der Waals surface area contributed by atoms with E-state index in [0.717, 1.165) is 4.88 Å². The number of nitrogens with zero attached hydrogens (tertiary/aromatic N) is 2. The van der Waals surface area contributed by atoms with Gasteiger partial charge < -0.3 is 10.3 Å². The fourth-order valence-corrected chi connectivity index (χ4v) is 1.81. The van der Waals surface area contributed by atoms with E-state index < -0.39 is 0 Å². The van der Waals surface area contributed by atoms with Crippen molar-refractivity contribution >= 4 is 23.7 Å². The molecule has 0 amide bonds. The SMILES string of the molecule is CC(C)C(N)c1nc(-c2cccs2)no1.Cl. The summed E-state index contributed by atoms with van der Waals surface area (Å²) in [7, 11) is 0. The predicted molar refractivity (Wildman–Crippen MR) is 66.6 cm³/mol. The topological polar surface area (TPSA) is 64.9 Å². The molecule has 4 nitrogen and oxygen atoms in total. The number of halogens is 1. The van der Waals surface area contributed by atoms with Gasteiger partial charge in [0.15, 0.2) is 0 Å². The van der Waals surface area contributed by atoms with Crippen molar-refractivity contribution in [1.82, 2.24) is 10.1 Å². The van der Waals surface area contributed by atoms with Crippen LogP contribution in [0, 0.1) is 5.92 Å². The number of thiophene rings is 1. The normalized spacial score (nSPS) is 12.5. The van der Waals surface area contributed by atoms with Gasteiger partial charge in [-0.3, -0.25) is 0 Å². The molecule has 0 aliphatic carbocycles. The van der Waals surface area contributed by atoms with Crippen LogP contribution in [0.15, 0.2) is 22.0 Å². The van der Waals surface area contributed by atoms with E-state index in [1.54, 1.807) is 11.3 Å². The molecule has 0 spiro atoms. The zero-order chi connectivity index (χ0) is 10.8.